The van der Waals surface area contributed by atoms with Gasteiger partial charge in [-0.3, -0.25) is 4.79 Å². The number of aliphatic hydroxyl groups is 3. The predicted molar refractivity (Wildman–Crippen MR) is 73.7 cm³/mol. The van der Waals surface area contributed by atoms with Crippen molar-refractivity contribution in [2.24, 2.45) is 0 Å². The first-order chi connectivity index (χ1) is 9.97. The topological polar surface area (TPSA) is 111 Å². The first kappa shape index (κ1) is 13.4. The van der Waals surface area contributed by atoms with Gasteiger partial charge in [-0.05, 0) is 24.3 Å². The summed E-state index contributed by atoms with van der Waals surface area (Å²) < 4.78 is 5.51. The maximum Gasteiger partial charge on any atom is 0.192 e. The number of phenols is 1. The fraction of sp³-hybridized carbons (Fsp3) is 0.133. The first-order valence-corrected chi connectivity index (χ1v) is 6.21. The number of hydrogen-bond acceptors (Lipinski definition) is 6. The minimum absolute atomic E-state index is 0.000810. The number of aliphatic hydroxyl groups excluding tert-OH is 3. The molecular formula is C15H12O6. The highest BCUT2D eigenvalue weighted by Crippen LogP contribution is 2.31. The highest BCUT2D eigenvalue weighted by molar-refractivity contribution is 5.62. The zero-order valence-electron chi connectivity index (χ0n) is 10.7. The van der Waals surface area contributed by atoms with Crippen LogP contribution in [0, 0.1) is 0 Å². The molecule has 0 saturated carbocycles. The monoisotopic (exact) mass is 288 g/mol. The molecule has 0 spiro atoms. The third-order valence-electron chi connectivity index (χ3n) is 3.34. The maximum atomic E-state index is 12.1. The third-order valence-corrected chi connectivity index (χ3v) is 3.34. The van der Waals surface area contributed by atoms with Crippen molar-refractivity contribution in [3.63, 3.8) is 0 Å². The van der Waals surface area contributed by atoms with Gasteiger partial charge in [0.05, 0.1) is 5.56 Å². The Kier molecular flexibility index (Phi) is 3.04. The van der Waals surface area contributed by atoms with E-state index in [1.54, 1.807) is 12.1 Å². The minimum atomic E-state index is -1.54. The molecule has 1 aromatic carbocycles. The lowest BCUT2D eigenvalue weighted by Gasteiger charge is -2.22. The van der Waals surface area contributed by atoms with Crippen LogP contribution < -0.4 is 5.43 Å². The Bertz CT molecular complexity index is 772. The molecule has 21 heavy (non-hydrogen) atoms. The fourth-order valence-electron chi connectivity index (χ4n) is 2.23. The molecule has 6 nitrogen and oxygen atoms in total. The van der Waals surface area contributed by atoms with Crippen molar-refractivity contribution in [2.75, 3.05) is 0 Å². The van der Waals surface area contributed by atoms with E-state index >= 15 is 0 Å². The van der Waals surface area contributed by atoms with Gasteiger partial charge in [0, 0.05) is 17.7 Å². The van der Waals surface area contributed by atoms with Crippen LogP contribution in [0.2, 0.25) is 0 Å². The summed E-state index contributed by atoms with van der Waals surface area (Å²) in [6, 6.07) is 7.22. The molecule has 2 aromatic rings. The van der Waals surface area contributed by atoms with Crippen molar-refractivity contribution < 1.29 is 24.8 Å². The molecule has 0 amide bonds. The van der Waals surface area contributed by atoms with E-state index < -0.39 is 23.4 Å². The fourth-order valence-corrected chi connectivity index (χ4v) is 2.23. The van der Waals surface area contributed by atoms with Gasteiger partial charge in [-0.15, -0.1) is 0 Å². The Morgan fingerprint density at radius 1 is 1.00 bits per heavy atom. The van der Waals surface area contributed by atoms with Crippen molar-refractivity contribution in [1.29, 1.82) is 0 Å². The number of rotatable bonds is 1. The number of benzene rings is 1. The summed E-state index contributed by atoms with van der Waals surface area (Å²) in [5.41, 5.74) is -0.0429. The van der Waals surface area contributed by atoms with Gasteiger partial charge in [0.25, 0.3) is 0 Å². The van der Waals surface area contributed by atoms with Crippen molar-refractivity contribution in [3.05, 3.63) is 57.6 Å². The van der Waals surface area contributed by atoms with Gasteiger partial charge in [0.1, 0.15) is 35.2 Å². The van der Waals surface area contributed by atoms with Gasteiger partial charge in [0.2, 0.25) is 0 Å². The Labute approximate surface area is 118 Å². The molecule has 1 aromatic heterocycles. The molecule has 0 aliphatic heterocycles. The average molecular weight is 288 g/mol. The van der Waals surface area contributed by atoms with Crippen LogP contribution in [0.5, 0.6) is 5.75 Å². The molecule has 0 fully saturated rings. The van der Waals surface area contributed by atoms with Gasteiger partial charge in [-0.1, -0.05) is 0 Å². The summed E-state index contributed by atoms with van der Waals surface area (Å²) in [6.45, 7) is 0. The Balaban J connectivity index is 2.18. The molecular weight excluding hydrogens is 276 g/mol. The van der Waals surface area contributed by atoms with Crippen LogP contribution in [-0.2, 0) is 0 Å². The van der Waals surface area contributed by atoms with Gasteiger partial charge < -0.3 is 24.8 Å². The van der Waals surface area contributed by atoms with E-state index in [1.165, 1.54) is 18.2 Å². The molecule has 2 unspecified atom stereocenters. The SMILES string of the molecule is O=c1cc(-c2ccc(O)cc2)oc2c1C(O)C(O)C(O)=C2. The van der Waals surface area contributed by atoms with Crippen LogP contribution in [0.25, 0.3) is 17.4 Å². The van der Waals surface area contributed by atoms with E-state index in [9.17, 15) is 25.2 Å². The molecule has 1 aliphatic rings. The van der Waals surface area contributed by atoms with Gasteiger partial charge in [-0.2, -0.15) is 0 Å². The van der Waals surface area contributed by atoms with E-state index in [0.29, 0.717) is 5.56 Å². The lowest BCUT2D eigenvalue weighted by molar-refractivity contribution is 0.0136. The smallest absolute Gasteiger partial charge is 0.192 e. The highest BCUT2D eigenvalue weighted by atomic mass is 16.4. The second kappa shape index (κ2) is 4.76. The number of fused-ring (bicyclic) bond motifs is 1. The van der Waals surface area contributed by atoms with Crippen LogP contribution in [0.3, 0.4) is 0 Å². The average Bonchev–Trinajstić information content (AvgIpc) is 2.45. The predicted octanol–water partition coefficient (Wildman–Crippen LogP) is 1.32. The molecule has 3 rings (SSSR count). The number of hydrogen-bond donors (Lipinski definition) is 4. The summed E-state index contributed by atoms with van der Waals surface area (Å²) in [5, 5.41) is 38.2. The van der Waals surface area contributed by atoms with E-state index in [4.69, 9.17) is 4.42 Å². The van der Waals surface area contributed by atoms with Crippen LogP contribution in [0.15, 0.2) is 45.3 Å². The van der Waals surface area contributed by atoms with Crippen LogP contribution in [0.4, 0.5) is 0 Å². The quantitative estimate of drug-likeness (QED) is 0.630. The van der Waals surface area contributed by atoms with Gasteiger partial charge in [0.15, 0.2) is 5.43 Å². The summed E-state index contributed by atoms with van der Waals surface area (Å²) in [7, 11) is 0. The summed E-state index contributed by atoms with van der Waals surface area (Å²) in [4.78, 5) is 12.1. The van der Waals surface area contributed by atoms with E-state index in [2.05, 4.69) is 0 Å². The maximum absolute atomic E-state index is 12.1. The van der Waals surface area contributed by atoms with E-state index in [1.807, 2.05) is 0 Å². The molecule has 1 aliphatic carbocycles. The number of aromatic hydroxyl groups is 1. The van der Waals surface area contributed by atoms with E-state index in [-0.39, 0.29) is 22.8 Å². The molecule has 2 atom stereocenters. The van der Waals surface area contributed by atoms with Gasteiger partial charge >= 0.3 is 0 Å². The van der Waals surface area contributed by atoms with Crippen molar-refractivity contribution in [2.45, 2.75) is 12.2 Å². The molecule has 1 heterocycles. The van der Waals surface area contributed by atoms with Crippen LogP contribution in [0.1, 0.15) is 17.4 Å². The van der Waals surface area contributed by atoms with Crippen molar-refractivity contribution in [1.82, 2.24) is 0 Å². The zero-order chi connectivity index (χ0) is 15.1. The largest absolute Gasteiger partial charge is 0.509 e. The molecule has 0 bridgehead atoms. The standard InChI is InChI=1S/C15H12O6/c16-8-3-1-7(2-4-8)11-5-9(17)13-12(21-11)6-10(18)14(19)15(13)20/h1-6,14-16,18-20H. The van der Waals surface area contributed by atoms with Crippen LogP contribution >= 0.6 is 0 Å². The Hall–Kier alpha value is -2.57. The Morgan fingerprint density at radius 3 is 2.33 bits per heavy atom. The van der Waals surface area contributed by atoms with Crippen LogP contribution in [-0.4, -0.2) is 26.5 Å². The number of phenolic OH excluding ortho intramolecular Hbond substituents is 1. The molecule has 4 N–H and O–H groups in total. The summed E-state index contributed by atoms with van der Waals surface area (Å²) >= 11 is 0. The van der Waals surface area contributed by atoms with Gasteiger partial charge in [-0.25, -0.2) is 0 Å². The second-order valence-corrected chi connectivity index (χ2v) is 4.76. The molecule has 0 radical (unpaired) electrons. The lowest BCUT2D eigenvalue weighted by atomic mass is 9.95. The summed E-state index contributed by atoms with van der Waals surface area (Å²) in [5.74, 6) is -0.164. The first-order valence-electron chi connectivity index (χ1n) is 6.21. The highest BCUT2D eigenvalue weighted by Gasteiger charge is 2.32. The molecule has 108 valence electrons. The zero-order valence-corrected chi connectivity index (χ0v) is 10.7. The normalized spacial score (nSPS) is 20.8. The molecule has 6 heteroatoms. The minimum Gasteiger partial charge on any atom is -0.509 e. The third kappa shape index (κ3) is 2.20. The summed E-state index contributed by atoms with van der Waals surface area (Å²) in [6.07, 6.45) is -1.96. The second-order valence-electron chi connectivity index (χ2n) is 4.76. The van der Waals surface area contributed by atoms with Crippen molar-refractivity contribution in [3.8, 4) is 17.1 Å². The van der Waals surface area contributed by atoms with E-state index in [0.717, 1.165) is 6.08 Å². The Morgan fingerprint density at radius 2 is 1.67 bits per heavy atom. The molecule has 0 saturated heterocycles. The van der Waals surface area contributed by atoms with Crippen molar-refractivity contribution >= 4 is 6.08 Å². The lowest BCUT2D eigenvalue weighted by Crippen LogP contribution is -2.29.